The van der Waals surface area contributed by atoms with Gasteiger partial charge in [-0.2, -0.15) is 0 Å². The molecule has 0 aliphatic carbocycles. The molecule has 0 saturated heterocycles. The van der Waals surface area contributed by atoms with Crippen molar-refractivity contribution in [1.29, 1.82) is 0 Å². The summed E-state index contributed by atoms with van der Waals surface area (Å²) >= 11 is -0.120. The van der Waals surface area contributed by atoms with Gasteiger partial charge in [0.15, 0.2) is 0 Å². The number of fused-ring (bicyclic) bond motifs is 1. The third-order valence-electron chi connectivity index (χ3n) is 4.05. The zero-order valence-electron chi connectivity index (χ0n) is 13.7. The topological polar surface area (TPSA) is 30.2 Å². The number of aryl methyl sites for hydroxylation is 1. The maximum absolute atomic E-state index is 12.8. The third kappa shape index (κ3) is 3.17. The quantitative estimate of drug-likeness (QED) is 0.396. The molecule has 0 unspecified atom stereocenters. The predicted octanol–water partition coefficient (Wildman–Crippen LogP) is 3.42. The van der Waals surface area contributed by atoms with Gasteiger partial charge in [-0.3, -0.25) is 0 Å². The Morgan fingerprint density at radius 2 is 1.52 bits per heavy atom. The van der Waals surface area contributed by atoms with Gasteiger partial charge in [-0.1, -0.05) is 0 Å². The van der Waals surface area contributed by atoms with Crippen LogP contribution in [0.3, 0.4) is 0 Å². The summed E-state index contributed by atoms with van der Waals surface area (Å²) in [6, 6.07) is 26.2. The van der Waals surface area contributed by atoms with Crippen LogP contribution in [-0.2, 0) is 0 Å². The third-order valence-corrected chi connectivity index (χ3v) is 6.32. The SMILES string of the molecule is Cc1ccc2oc(=O)c([Se]c3ccccc3)c(-c3ccccc3)c2c1. The summed E-state index contributed by atoms with van der Waals surface area (Å²) < 4.78 is 7.57. The minimum absolute atomic E-state index is 0.120. The second-order valence-corrected chi connectivity index (χ2v) is 8.15. The first-order valence-corrected chi connectivity index (χ1v) is 9.79. The van der Waals surface area contributed by atoms with Crippen LogP contribution in [0.5, 0.6) is 0 Å². The molecule has 0 aliphatic rings. The Kier molecular flexibility index (Phi) is 4.27. The number of hydrogen-bond donors (Lipinski definition) is 0. The van der Waals surface area contributed by atoms with Gasteiger partial charge < -0.3 is 0 Å². The molecule has 0 spiro atoms. The number of hydrogen-bond acceptors (Lipinski definition) is 2. The standard InChI is InChI=1S/C22H16O2Se/c1-15-12-13-19-18(14-15)20(16-8-4-2-5-9-16)21(22(23)24-19)25-17-10-6-3-7-11-17/h2-14H,1H3. The molecular formula is C22H16O2Se. The number of benzene rings is 3. The van der Waals surface area contributed by atoms with E-state index in [4.69, 9.17) is 4.42 Å². The van der Waals surface area contributed by atoms with E-state index in [1.165, 1.54) is 0 Å². The molecule has 4 aromatic rings. The summed E-state index contributed by atoms with van der Waals surface area (Å²) in [7, 11) is 0. The summed E-state index contributed by atoms with van der Waals surface area (Å²) in [5, 5.41) is 0.999. The average Bonchev–Trinajstić information content (AvgIpc) is 2.64. The molecule has 1 heterocycles. The van der Waals surface area contributed by atoms with Gasteiger partial charge in [0.2, 0.25) is 0 Å². The van der Waals surface area contributed by atoms with Crippen molar-refractivity contribution < 1.29 is 4.42 Å². The van der Waals surface area contributed by atoms with Crippen molar-refractivity contribution in [2.75, 3.05) is 0 Å². The molecule has 3 aromatic carbocycles. The molecule has 0 aliphatic heterocycles. The van der Waals surface area contributed by atoms with Crippen molar-refractivity contribution in [3.8, 4) is 11.1 Å². The second-order valence-electron chi connectivity index (χ2n) is 5.87. The van der Waals surface area contributed by atoms with E-state index >= 15 is 0 Å². The van der Waals surface area contributed by atoms with Gasteiger partial charge in [0, 0.05) is 0 Å². The molecule has 122 valence electrons. The molecule has 0 saturated carbocycles. The molecule has 0 atom stereocenters. The predicted molar refractivity (Wildman–Crippen MR) is 104 cm³/mol. The summed E-state index contributed by atoms with van der Waals surface area (Å²) in [6.45, 7) is 2.06. The van der Waals surface area contributed by atoms with E-state index in [1.807, 2.05) is 48.5 Å². The van der Waals surface area contributed by atoms with Gasteiger partial charge in [0.1, 0.15) is 0 Å². The summed E-state index contributed by atoms with van der Waals surface area (Å²) in [6.07, 6.45) is 0. The normalized spacial score (nSPS) is 10.9. The van der Waals surface area contributed by atoms with E-state index < -0.39 is 0 Å². The number of rotatable bonds is 3. The Labute approximate surface area is 152 Å². The van der Waals surface area contributed by atoms with Crippen molar-refractivity contribution in [1.82, 2.24) is 0 Å². The Morgan fingerprint density at radius 3 is 2.24 bits per heavy atom. The Hall–Kier alpha value is -2.61. The summed E-state index contributed by atoms with van der Waals surface area (Å²) in [4.78, 5) is 12.8. The van der Waals surface area contributed by atoms with E-state index in [-0.39, 0.29) is 20.6 Å². The maximum atomic E-state index is 12.8. The van der Waals surface area contributed by atoms with Gasteiger partial charge >= 0.3 is 152 Å². The van der Waals surface area contributed by atoms with Crippen molar-refractivity contribution in [3.05, 3.63) is 94.8 Å². The van der Waals surface area contributed by atoms with Crippen LogP contribution in [0.1, 0.15) is 5.56 Å². The zero-order valence-corrected chi connectivity index (χ0v) is 15.4. The van der Waals surface area contributed by atoms with Gasteiger partial charge in [-0.05, 0) is 0 Å². The van der Waals surface area contributed by atoms with Crippen LogP contribution < -0.4 is 14.5 Å². The molecule has 1 aromatic heterocycles. The molecule has 0 bridgehead atoms. The Bertz CT molecular complexity index is 1080. The molecule has 25 heavy (non-hydrogen) atoms. The monoisotopic (exact) mass is 392 g/mol. The van der Waals surface area contributed by atoms with E-state index in [9.17, 15) is 4.79 Å². The van der Waals surface area contributed by atoms with Crippen LogP contribution in [-0.4, -0.2) is 15.0 Å². The van der Waals surface area contributed by atoms with Crippen LogP contribution in [0.4, 0.5) is 0 Å². The first-order valence-electron chi connectivity index (χ1n) is 8.08. The van der Waals surface area contributed by atoms with Crippen molar-refractivity contribution in [2.24, 2.45) is 0 Å². The molecule has 4 rings (SSSR count). The van der Waals surface area contributed by atoms with Gasteiger partial charge in [-0.15, -0.1) is 0 Å². The molecule has 0 radical (unpaired) electrons. The van der Waals surface area contributed by atoms with Crippen LogP contribution in [0.2, 0.25) is 0 Å². The molecule has 0 fully saturated rings. The summed E-state index contributed by atoms with van der Waals surface area (Å²) in [5.74, 6) is 0. The second kappa shape index (κ2) is 6.72. The molecular weight excluding hydrogens is 375 g/mol. The molecule has 0 N–H and O–H groups in total. The van der Waals surface area contributed by atoms with Crippen LogP contribution in [0.25, 0.3) is 22.1 Å². The van der Waals surface area contributed by atoms with Crippen molar-refractivity contribution in [3.63, 3.8) is 0 Å². The minimum atomic E-state index is -0.237. The van der Waals surface area contributed by atoms with Crippen LogP contribution in [0, 0.1) is 6.92 Å². The molecule has 3 heteroatoms. The zero-order chi connectivity index (χ0) is 17.2. The Morgan fingerprint density at radius 1 is 0.840 bits per heavy atom. The molecule has 2 nitrogen and oxygen atoms in total. The van der Waals surface area contributed by atoms with E-state index in [2.05, 4.69) is 37.3 Å². The van der Waals surface area contributed by atoms with Gasteiger partial charge in [-0.25, -0.2) is 0 Å². The van der Waals surface area contributed by atoms with Gasteiger partial charge in [0.25, 0.3) is 0 Å². The molecule has 0 amide bonds. The average molecular weight is 391 g/mol. The Balaban J connectivity index is 2.04. The van der Waals surface area contributed by atoms with Crippen molar-refractivity contribution >= 4 is 34.8 Å². The van der Waals surface area contributed by atoms with Crippen LogP contribution >= 0.6 is 0 Å². The van der Waals surface area contributed by atoms with Crippen LogP contribution in [0.15, 0.2) is 88.1 Å². The van der Waals surface area contributed by atoms with E-state index in [0.29, 0.717) is 5.58 Å². The fourth-order valence-electron chi connectivity index (χ4n) is 2.89. The van der Waals surface area contributed by atoms with E-state index in [0.717, 1.165) is 31.0 Å². The summed E-state index contributed by atoms with van der Waals surface area (Å²) in [5.41, 5.74) is 3.61. The fourth-order valence-corrected chi connectivity index (χ4v) is 4.95. The fraction of sp³-hybridized carbons (Fsp3) is 0.0455. The first-order chi connectivity index (χ1) is 12.2. The van der Waals surface area contributed by atoms with Gasteiger partial charge in [0.05, 0.1) is 0 Å². The van der Waals surface area contributed by atoms with Crippen molar-refractivity contribution in [2.45, 2.75) is 6.92 Å². The van der Waals surface area contributed by atoms with E-state index in [1.54, 1.807) is 0 Å². The first kappa shape index (κ1) is 15.9.